The average Bonchev–Trinajstić information content (AvgIpc) is 2.70. The summed E-state index contributed by atoms with van der Waals surface area (Å²) in [6.45, 7) is 12.7. The molecule has 1 aromatic rings. The molecule has 3 rings (SSSR count). The Bertz CT molecular complexity index is 792. The van der Waals surface area contributed by atoms with Gasteiger partial charge >= 0.3 is 6.09 Å². The van der Waals surface area contributed by atoms with Crippen molar-refractivity contribution in [3.8, 4) is 5.75 Å². The topological polar surface area (TPSA) is 84.9 Å². The van der Waals surface area contributed by atoms with Crippen LogP contribution in [0.2, 0.25) is 0 Å². The molecule has 0 spiro atoms. The number of benzene rings is 1. The Balaban J connectivity index is 0.00000166. The molecule has 7 nitrogen and oxygen atoms in total. The van der Waals surface area contributed by atoms with Gasteiger partial charge in [-0.2, -0.15) is 0 Å². The Morgan fingerprint density at radius 3 is 2.32 bits per heavy atom. The molecule has 0 bridgehead atoms. The number of carbonyl (C=O) groups is 3. The van der Waals surface area contributed by atoms with E-state index in [4.69, 9.17) is 9.47 Å². The third kappa shape index (κ3) is 6.97. The second-order valence-electron chi connectivity index (χ2n) is 8.81. The van der Waals surface area contributed by atoms with Crippen molar-refractivity contribution in [2.45, 2.75) is 84.8 Å². The standard InChI is InChI=1S/C22H30N2O5.C2H6/c1-14-5-6-16(13-18(14)17-7-8-19(25)23-20(17)26)28-15-9-11-24(12-10-15)21(27)29-22(2,3)4;1-2/h5-6,13,15,17H,7-12H2,1-4H3,(H,23,25,26);1-2H3. The van der Waals surface area contributed by atoms with Crippen LogP contribution in [0.25, 0.3) is 0 Å². The lowest BCUT2D eigenvalue weighted by molar-refractivity contribution is -0.134. The number of nitrogens with one attached hydrogen (secondary N) is 1. The van der Waals surface area contributed by atoms with E-state index in [1.807, 2.05) is 59.7 Å². The number of likely N-dealkylation sites (tertiary alicyclic amines) is 1. The monoisotopic (exact) mass is 432 g/mol. The third-order valence-electron chi connectivity index (χ3n) is 5.26. The molecule has 2 fully saturated rings. The van der Waals surface area contributed by atoms with Crippen LogP contribution in [0, 0.1) is 6.92 Å². The first-order valence-corrected chi connectivity index (χ1v) is 11.2. The number of piperidine rings is 2. The van der Waals surface area contributed by atoms with Gasteiger partial charge in [-0.05, 0) is 57.4 Å². The van der Waals surface area contributed by atoms with Crippen LogP contribution in [-0.4, -0.2) is 47.6 Å². The summed E-state index contributed by atoms with van der Waals surface area (Å²) in [7, 11) is 0. The van der Waals surface area contributed by atoms with E-state index in [2.05, 4.69) is 5.32 Å². The van der Waals surface area contributed by atoms with E-state index in [-0.39, 0.29) is 29.9 Å². The van der Waals surface area contributed by atoms with E-state index < -0.39 is 5.60 Å². The highest BCUT2D eigenvalue weighted by Crippen LogP contribution is 2.31. The molecule has 0 saturated carbocycles. The highest BCUT2D eigenvalue weighted by atomic mass is 16.6. The molecule has 7 heteroatoms. The molecule has 0 radical (unpaired) electrons. The Hall–Kier alpha value is -2.57. The van der Waals surface area contributed by atoms with E-state index >= 15 is 0 Å². The van der Waals surface area contributed by atoms with E-state index in [0.717, 1.165) is 24.0 Å². The Labute approximate surface area is 185 Å². The summed E-state index contributed by atoms with van der Waals surface area (Å²) in [5, 5.41) is 2.42. The average molecular weight is 433 g/mol. The molecule has 0 aliphatic carbocycles. The number of hydrogen-bond acceptors (Lipinski definition) is 5. The predicted octanol–water partition coefficient (Wildman–Crippen LogP) is 4.32. The van der Waals surface area contributed by atoms with Crippen molar-refractivity contribution in [3.05, 3.63) is 29.3 Å². The Morgan fingerprint density at radius 2 is 1.74 bits per heavy atom. The third-order valence-corrected chi connectivity index (χ3v) is 5.26. The number of nitrogens with zero attached hydrogens (tertiary/aromatic N) is 1. The highest BCUT2D eigenvalue weighted by molar-refractivity contribution is 6.01. The van der Waals surface area contributed by atoms with Gasteiger partial charge in [0.15, 0.2) is 0 Å². The van der Waals surface area contributed by atoms with Crippen LogP contribution in [-0.2, 0) is 14.3 Å². The van der Waals surface area contributed by atoms with Crippen LogP contribution >= 0.6 is 0 Å². The van der Waals surface area contributed by atoms with Gasteiger partial charge < -0.3 is 14.4 Å². The fourth-order valence-electron chi connectivity index (χ4n) is 3.73. The Kier molecular flexibility index (Phi) is 8.48. The van der Waals surface area contributed by atoms with Gasteiger partial charge in [0.25, 0.3) is 0 Å². The second-order valence-corrected chi connectivity index (χ2v) is 8.81. The van der Waals surface area contributed by atoms with Crippen molar-refractivity contribution in [2.75, 3.05) is 13.1 Å². The van der Waals surface area contributed by atoms with Crippen LogP contribution in [0.1, 0.15) is 77.3 Å². The van der Waals surface area contributed by atoms with Crippen molar-refractivity contribution in [2.24, 2.45) is 0 Å². The molecule has 3 amide bonds. The van der Waals surface area contributed by atoms with E-state index in [0.29, 0.717) is 31.7 Å². The van der Waals surface area contributed by atoms with Crippen molar-refractivity contribution >= 4 is 17.9 Å². The van der Waals surface area contributed by atoms with Gasteiger partial charge in [0.2, 0.25) is 11.8 Å². The number of amides is 3. The number of hydrogen-bond donors (Lipinski definition) is 1. The molecule has 1 atom stereocenters. The first kappa shape index (κ1) is 24.7. The van der Waals surface area contributed by atoms with Crippen molar-refractivity contribution in [1.82, 2.24) is 10.2 Å². The molecule has 2 saturated heterocycles. The lowest BCUT2D eigenvalue weighted by Gasteiger charge is -2.33. The minimum absolute atomic E-state index is 0.00556. The molecule has 172 valence electrons. The Morgan fingerprint density at radius 1 is 1.10 bits per heavy atom. The summed E-state index contributed by atoms with van der Waals surface area (Å²) >= 11 is 0. The maximum absolute atomic E-state index is 12.2. The first-order valence-electron chi connectivity index (χ1n) is 11.2. The van der Waals surface area contributed by atoms with Gasteiger partial charge in [-0.3, -0.25) is 14.9 Å². The van der Waals surface area contributed by atoms with Crippen LogP contribution in [0.5, 0.6) is 5.75 Å². The second kappa shape index (κ2) is 10.6. The van der Waals surface area contributed by atoms with Crippen molar-refractivity contribution < 1.29 is 23.9 Å². The molecule has 1 N–H and O–H groups in total. The minimum Gasteiger partial charge on any atom is -0.490 e. The quantitative estimate of drug-likeness (QED) is 0.719. The highest BCUT2D eigenvalue weighted by Gasteiger charge is 2.30. The van der Waals surface area contributed by atoms with Gasteiger partial charge in [-0.25, -0.2) is 4.79 Å². The zero-order valence-electron chi connectivity index (χ0n) is 19.6. The normalized spacial score (nSPS) is 19.8. The zero-order chi connectivity index (χ0) is 23.2. The number of ether oxygens (including phenoxy) is 2. The van der Waals surface area contributed by atoms with E-state index in [1.165, 1.54) is 0 Å². The number of rotatable bonds is 3. The number of imide groups is 1. The molecule has 2 aliphatic heterocycles. The first-order chi connectivity index (χ1) is 14.6. The maximum atomic E-state index is 12.2. The van der Waals surface area contributed by atoms with Gasteiger partial charge in [-0.1, -0.05) is 19.9 Å². The van der Waals surface area contributed by atoms with Crippen molar-refractivity contribution in [3.63, 3.8) is 0 Å². The van der Waals surface area contributed by atoms with Gasteiger partial charge in [0.1, 0.15) is 17.5 Å². The molecule has 31 heavy (non-hydrogen) atoms. The molecule has 1 aromatic carbocycles. The fraction of sp³-hybridized carbons (Fsp3) is 0.625. The molecule has 2 heterocycles. The van der Waals surface area contributed by atoms with Gasteiger partial charge in [0, 0.05) is 32.4 Å². The smallest absolute Gasteiger partial charge is 0.410 e. The molecule has 2 aliphatic rings. The lowest BCUT2D eigenvalue weighted by atomic mass is 9.87. The van der Waals surface area contributed by atoms with Crippen LogP contribution in [0.4, 0.5) is 4.79 Å². The van der Waals surface area contributed by atoms with Crippen LogP contribution in [0.3, 0.4) is 0 Å². The lowest BCUT2D eigenvalue weighted by Crippen LogP contribution is -2.44. The summed E-state index contributed by atoms with van der Waals surface area (Å²) in [6, 6.07) is 5.77. The van der Waals surface area contributed by atoms with Crippen LogP contribution < -0.4 is 10.1 Å². The van der Waals surface area contributed by atoms with Crippen molar-refractivity contribution in [1.29, 1.82) is 0 Å². The zero-order valence-corrected chi connectivity index (χ0v) is 19.6. The number of carbonyl (C=O) groups excluding carboxylic acids is 3. The fourth-order valence-corrected chi connectivity index (χ4v) is 3.73. The summed E-state index contributed by atoms with van der Waals surface area (Å²) < 4.78 is 11.6. The summed E-state index contributed by atoms with van der Waals surface area (Å²) in [4.78, 5) is 37.6. The van der Waals surface area contributed by atoms with Gasteiger partial charge in [-0.15, -0.1) is 0 Å². The van der Waals surface area contributed by atoms with Crippen LogP contribution in [0.15, 0.2) is 18.2 Å². The summed E-state index contributed by atoms with van der Waals surface area (Å²) in [5.74, 6) is -0.0727. The van der Waals surface area contributed by atoms with E-state index in [9.17, 15) is 14.4 Å². The maximum Gasteiger partial charge on any atom is 0.410 e. The summed E-state index contributed by atoms with van der Waals surface area (Å²) in [6.07, 6.45) is 2.03. The molecule has 0 aromatic heterocycles. The molecular weight excluding hydrogens is 396 g/mol. The summed E-state index contributed by atoms with van der Waals surface area (Å²) in [5.41, 5.74) is 1.41. The predicted molar refractivity (Wildman–Crippen MR) is 119 cm³/mol. The number of aryl methyl sites for hydroxylation is 1. The SMILES string of the molecule is CC.Cc1ccc(OC2CCN(C(=O)OC(C)(C)C)CC2)cc1C1CCC(=O)NC1=O. The minimum atomic E-state index is -0.501. The largest absolute Gasteiger partial charge is 0.490 e. The van der Waals surface area contributed by atoms with E-state index in [1.54, 1.807) is 4.90 Å². The van der Waals surface area contributed by atoms with Gasteiger partial charge in [0.05, 0.1) is 5.92 Å². The molecular formula is C24H36N2O5. The molecule has 1 unspecified atom stereocenters.